The zero-order valence-electron chi connectivity index (χ0n) is 10.3. The van der Waals surface area contributed by atoms with Crippen LogP contribution in [0.3, 0.4) is 0 Å². The third kappa shape index (κ3) is 3.59. The predicted molar refractivity (Wildman–Crippen MR) is 65.2 cm³/mol. The van der Waals surface area contributed by atoms with Crippen molar-refractivity contribution < 1.29 is 14.3 Å². The summed E-state index contributed by atoms with van der Waals surface area (Å²) < 4.78 is 5.07. The van der Waals surface area contributed by atoms with Gasteiger partial charge >= 0.3 is 0 Å². The summed E-state index contributed by atoms with van der Waals surface area (Å²) in [6.45, 7) is 3.66. The van der Waals surface area contributed by atoms with E-state index in [0.717, 1.165) is 0 Å². The summed E-state index contributed by atoms with van der Waals surface area (Å²) in [5.41, 5.74) is 0.437. The fourth-order valence-electron chi connectivity index (χ4n) is 1.30. The molecule has 0 atom stereocenters. The smallest absolute Gasteiger partial charge is 0.255 e. The molecule has 0 bridgehead atoms. The second kappa shape index (κ2) is 6.03. The summed E-state index contributed by atoms with van der Waals surface area (Å²) in [6.07, 6.45) is 0. The van der Waals surface area contributed by atoms with Crippen LogP contribution >= 0.6 is 0 Å². The second-order valence-corrected chi connectivity index (χ2v) is 4.00. The topological polar surface area (TPSA) is 55.4 Å². The quantitative estimate of drug-likeness (QED) is 0.844. The summed E-state index contributed by atoms with van der Waals surface area (Å²) in [5, 5.41) is 2.59. The molecule has 0 fully saturated rings. The highest BCUT2D eigenvalue weighted by molar-refractivity contribution is 5.99. The molecule has 0 heterocycles. The van der Waals surface area contributed by atoms with Crippen molar-refractivity contribution in [1.82, 2.24) is 5.32 Å². The van der Waals surface area contributed by atoms with Gasteiger partial charge < -0.3 is 10.1 Å². The van der Waals surface area contributed by atoms with Crippen LogP contribution < -0.4 is 10.1 Å². The first-order valence-corrected chi connectivity index (χ1v) is 5.50. The van der Waals surface area contributed by atoms with Crippen molar-refractivity contribution in [2.45, 2.75) is 13.8 Å². The molecule has 4 nitrogen and oxygen atoms in total. The number of Topliss-reactive ketones (excluding diaryl/α,β-unsaturated/α-hetero) is 1. The summed E-state index contributed by atoms with van der Waals surface area (Å²) in [6, 6.07) is 6.91. The molecule has 0 aromatic heterocycles. The normalized spacial score (nSPS) is 10.1. The summed E-state index contributed by atoms with van der Waals surface area (Å²) in [5.74, 6) is 0.139. The van der Waals surface area contributed by atoms with E-state index in [-0.39, 0.29) is 24.2 Å². The van der Waals surface area contributed by atoms with E-state index in [9.17, 15) is 9.59 Å². The summed E-state index contributed by atoms with van der Waals surface area (Å²) >= 11 is 0. The molecule has 1 N–H and O–H groups in total. The number of amides is 1. The number of carbonyl (C=O) groups excluding carboxylic acids is 2. The van der Waals surface area contributed by atoms with E-state index in [1.165, 1.54) is 7.11 Å². The van der Waals surface area contributed by atoms with Gasteiger partial charge in [-0.2, -0.15) is 0 Å². The number of methoxy groups -OCH3 is 1. The summed E-state index contributed by atoms with van der Waals surface area (Å²) in [4.78, 5) is 23.2. The molecule has 4 heteroatoms. The minimum Gasteiger partial charge on any atom is -0.496 e. The van der Waals surface area contributed by atoms with Crippen LogP contribution in [-0.4, -0.2) is 25.3 Å². The van der Waals surface area contributed by atoms with Gasteiger partial charge in [0.1, 0.15) is 5.75 Å². The molecule has 0 radical (unpaired) electrons. The highest BCUT2D eigenvalue weighted by atomic mass is 16.5. The van der Waals surface area contributed by atoms with E-state index in [1.54, 1.807) is 38.1 Å². The molecule has 1 aromatic rings. The number of carbonyl (C=O) groups is 2. The van der Waals surface area contributed by atoms with E-state index < -0.39 is 0 Å². The van der Waals surface area contributed by atoms with Gasteiger partial charge in [-0.05, 0) is 12.1 Å². The molecule has 92 valence electrons. The van der Waals surface area contributed by atoms with Crippen molar-refractivity contribution in [1.29, 1.82) is 0 Å². The van der Waals surface area contributed by atoms with Crippen molar-refractivity contribution in [2.24, 2.45) is 5.92 Å². The maximum atomic E-state index is 11.8. The average Bonchev–Trinajstić information content (AvgIpc) is 2.35. The van der Waals surface area contributed by atoms with Gasteiger partial charge in [-0.1, -0.05) is 26.0 Å². The number of para-hydroxylation sites is 1. The minimum atomic E-state index is -0.295. The standard InChI is InChI=1S/C13H17NO3/c1-9(2)11(15)8-14-13(16)10-6-4-5-7-12(10)17-3/h4-7,9H,8H2,1-3H3,(H,14,16). The maximum absolute atomic E-state index is 11.8. The zero-order chi connectivity index (χ0) is 12.8. The summed E-state index contributed by atoms with van der Waals surface area (Å²) in [7, 11) is 1.51. The Hall–Kier alpha value is -1.84. The third-order valence-electron chi connectivity index (χ3n) is 2.42. The third-order valence-corrected chi connectivity index (χ3v) is 2.42. The molecule has 1 amide bonds. The predicted octanol–water partition coefficient (Wildman–Crippen LogP) is 1.65. The highest BCUT2D eigenvalue weighted by Gasteiger charge is 2.13. The van der Waals surface area contributed by atoms with Crippen molar-refractivity contribution in [2.75, 3.05) is 13.7 Å². The fraction of sp³-hybridized carbons (Fsp3) is 0.385. The Bertz CT molecular complexity index is 413. The molecule has 1 rings (SSSR count). The Morgan fingerprint density at radius 2 is 1.94 bits per heavy atom. The number of hydrogen-bond acceptors (Lipinski definition) is 3. The lowest BCUT2D eigenvalue weighted by molar-refractivity contribution is -0.120. The van der Waals surface area contributed by atoms with E-state index in [2.05, 4.69) is 5.32 Å². The zero-order valence-corrected chi connectivity index (χ0v) is 10.3. The second-order valence-electron chi connectivity index (χ2n) is 4.00. The number of ketones is 1. The van der Waals surface area contributed by atoms with Gasteiger partial charge in [0.15, 0.2) is 5.78 Å². The van der Waals surface area contributed by atoms with Crippen molar-refractivity contribution in [3.8, 4) is 5.75 Å². The van der Waals surface area contributed by atoms with Crippen molar-refractivity contribution >= 4 is 11.7 Å². The van der Waals surface area contributed by atoms with Gasteiger partial charge in [-0.15, -0.1) is 0 Å². The molecule has 0 aliphatic heterocycles. The fourth-order valence-corrected chi connectivity index (χ4v) is 1.30. The number of hydrogen-bond donors (Lipinski definition) is 1. The van der Waals surface area contributed by atoms with E-state index in [4.69, 9.17) is 4.74 Å². The molecular formula is C13H17NO3. The number of rotatable bonds is 5. The lowest BCUT2D eigenvalue weighted by Crippen LogP contribution is -2.31. The molecule has 0 spiro atoms. The van der Waals surface area contributed by atoms with Crippen LogP contribution in [-0.2, 0) is 4.79 Å². The monoisotopic (exact) mass is 235 g/mol. The van der Waals surface area contributed by atoms with Gasteiger partial charge in [0.25, 0.3) is 5.91 Å². The molecule has 0 aliphatic rings. The van der Waals surface area contributed by atoms with Gasteiger partial charge in [0, 0.05) is 5.92 Å². The minimum absolute atomic E-state index is 0.00764. The van der Waals surface area contributed by atoms with Crippen LogP contribution in [0.25, 0.3) is 0 Å². The van der Waals surface area contributed by atoms with Crippen LogP contribution in [0, 0.1) is 5.92 Å². The number of nitrogens with one attached hydrogen (secondary N) is 1. The molecule has 0 saturated carbocycles. The Morgan fingerprint density at radius 1 is 1.29 bits per heavy atom. The first-order chi connectivity index (χ1) is 8.06. The first-order valence-electron chi connectivity index (χ1n) is 5.50. The van der Waals surface area contributed by atoms with Crippen molar-refractivity contribution in [3.05, 3.63) is 29.8 Å². The highest BCUT2D eigenvalue weighted by Crippen LogP contribution is 2.16. The SMILES string of the molecule is COc1ccccc1C(=O)NCC(=O)C(C)C. The maximum Gasteiger partial charge on any atom is 0.255 e. The molecule has 1 aromatic carbocycles. The largest absolute Gasteiger partial charge is 0.496 e. The van der Waals surface area contributed by atoms with Crippen molar-refractivity contribution in [3.63, 3.8) is 0 Å². The van der Waals surface area contributed by atoms with Gasteiger partial charge in [-0.25, -0.2) is 0 Å². The molecular weight excluding hydrogens is 218 g/mol. The van der Waals surface area contributed by atoms with E-state index >= 15 is 0 Å². The Morgan fingerprint density at radius 3 is 2.53 bits per heavy atom. The number of benzene rings is 1. The molecule has 0 saturated heterocycles. The Balaban J connectivity index is 2.67. The Labute approximate surface area is 101 Å². The molecule has 0 unspecified atom stereocenters. The van der Waals surface area contributed by atoms with Crippen LogP contribution in [0.1, 0.15) is 24.2 Å². The lowest BCUT2D eigenvalue weighted by atomic mass is 10.1. The molecule has 0 aliphatic carbocycles. The lowest BCUT2D eigenvalue weighted by Gasteiger charge is -2.09. The van der Waals surface area contributed by atoms with Gasteiger partial charge in [-0.3, -0.25) is 9.59 Å². The van der Waals surface area contributed by atoms with Crippen LogP contribution in [0.2, 0.25) is 0 Å². The van der Waals surface area contributed by atoms with Crippen LogP contribution in [0.5, 0.6) is 5.75 Å². The van der Waals surface area contributed by atoms with Gasteiger partial charge in [0.2, 0.25) is 0 Å². The number of ether oxygens (including phenoxy) is 1. The average molecular weight is 235 g/mol. The van der Waals surface area contributed by atoms with Crippen LogP contribution in [0.15, 0.2) is 24.3 Å². The molecule has 17 heavy (non-hydrogen) atoms. The van der Waals surface area contributed by atoms with E-state index in [0.29, 0.717) is 11.3 Å². The van der Waals surface area contributed by atoms with Gasteiger partial charge in [0.05, 0.1) is 19.2 Å². The first kappa shape index (κ1) is 13.2. The van der Waals surface area contributed by atoms with Crippen LogP contribution in [0.4, 0.5) is 0 Å². The Kier molecular flexibility index (Phi) is 4.69. The van der Waals surface area contributed by atoms with E-state index in [1.807, 2.05) is 0 Å².